The Morgan fingerprint density at radius 2 is 2.30 bits per heavy atom. The van der Waals surface area contributed by atoms with Gasteiger partial charge in [-0.3, -0.25) is 9.59 Å². The molecule has 0 spiro atoms. The molecule has 2 heterocycles. The molecule has 1 N–H and O–H groups in total. The average Bonchev–Trinajstić information content (AvgIpc) is 3.07. The van der Waals surface area contributed by atoms with Gasteiger partial charge in [-0.2, -0.15) is 0 Å². The predicted octanol–water partition coefficient (Wildman–Crippen LogP) is 2.12. The van der Waals surface area contributed by atoms with Gasteiger partial charge in [-0.15, -0.1) is 16.4 Å². The van der Waals surface area contributed by atoms with E-state index < -0.39 is 5.97 Å². The minimum atomic E-state index is -0.430. The Hall–Kier alpha value is -1.51. The Balaban J connectivity index is 1.65. The molecule has 2 aromatic rings. The largest absolute Gasteiger partial charge is 0.459 e. The molecule has 106 valence electrons. The van der Waals surface area contributed by atoms with Crippen molar-refractivity contribution < 1.29 is 14.3 Å². The SMILES string of the molecule is O=C(CCNC(=O)c1cccs1)OCc1nnsc1Cl. The number of thiophene rings is 1. The molecule has 2 aromatic heterocycles. The third kappa shape index (κ3) is 4.26. The molecule has 2 rings (SSSR count). The number of nitrogens with one attached hydrogen (secondary N) is 1. The number of esters is 1. The zero-order valence-electron chi connectivity index (χ0n) is 10.2. The lowest BCUT2D eigenvalue weighted by Crippen LogP contribution is -2.25. The van der Waals surface area contributed by atoms with Gasteiger partial charge in [-0.05, 0) is 11.4 Å². The summed E-state index contributed by atoms with van der Waals surface area (Å²) in [7, 11) is 0. The molecule has 0 radical (unpaired) electrons. The maximum atomic E-state index is 11.6. The van der Waals surface area contributed by atoms with Crippen LogP contribution >= 0.6 is 34.5 Å². The smallest absolute Gasteiger partial charge is 0.307 e. The van der Waals surface area contributed by atoms with Crippen molar-refractivity contribution >= 4 is 46.3 Å². The molecular formula is C11H10ClN3O3S2. The maximum Gasteiger partial charge on any atom is 0.307 e. The normalized spacial score (nSPS) is 10.2. The third-order valence-corrected chi connectivity index (χ3v) is 4.09. The van der Waals surface area contributed by atoms with Crippen LogP contribution in [-0.4, -0.2) is 28.0 Å². The minimum absolute atomic E-state index is 0.00691. The van der Waals surface area contributed by atoms with E-state index in [1.807, 2.05) is 5.38 Å². The van der Waals surface area contributed by atoms with Crippen LogP contribution in [0.5, 0.6) is 0 Å². The van der Waals surface area contributed by atoms with Crippen molar-refractivity contribution in [2.24, 2.45) is 0 Å². The summed E-state index contributed by atoms with van der Waals surface area (Å²) in [4.78, 5) is 23.7. The van der Waals surface area contributed by atoms with Crippen molar-refractivity contribution in [1.82, 2.24) is 14.9 Å². The summed E-state index contributed by atoms with van der Waals surface area (Å²) in [5, 5.41) is 8.17. The Bertz CT molecular complexity index is 586. The number of halogens is 1. The van der Waals surface area contributed by atoms with Gasteiger partial charge in [0, 0.05) is 18.1 Å². The summed E-state index contributed by atoms with van der Waals surface area (Å²) in [5.41, 5.74) is 0.438. The number of aromatic nitrogens is 2. The molecule has 9 heteroatoms. The summed E-state index contributed by atoms with van der Waals surface area (Å²) in [5.74, 6) is -0.625. The van der Waals surface area contributed by atoms with Crippen LogP contribution in [0.2, 0.25) is 4.34 Å². The van der Waals surface area contributed by atoms with Crippen molar-refractivity contribution in [1.29, 1.82) is 0 Å². The van der Waals surface area contributed by atoms with Crippen LogP contribution in [0, 0.1) is 0 Å². The van der Waals surface area contributed by atoms with Gasteiger partial charge in [0.15, 0.2) is 0 Å². The fourth-order valence-electron chi connectivity index (χ4n) is 1.28. The standard InChI is InChI=1S/C11H10ClN3O3S2/c12-10-7(14-15-20-10)6-18-9(16)3-4-13-11(17)8-2-1-5-19-8/h1-2,5H,3-4,6H2,(H,13,17). The molecule has 0 aliphatic rings. The average molecular weight is 332 g/mol. The van der Waals surface area contributed by atoms with Crippen LogP contribution in [0.4, 0.5) is 0 Å². The Labute approximate surface area is 127 Å². The molecule has 0 saturated heterocycles. The van der Waals surface area contributed by atoms with Crippen LogP contribution < -0.4 is 5.32 Å². The lowest BCUT2D eigenvalue weighted by atomic mass is 10.4. The van der Waals surface area contributed by atoms with Crippen LogP contribution in [0.3, 0.4) is 0 Å². The fourth-order valence-corrected chi connectivity index (χ4v) is 2.52. The number of carbonyl (C=O) groups is 2. The summed E-state index contributed by atoms with van der Waals surface area (Å²) >= 11 is 8.15. The molecule has 0 saturated carbocycles. The van der Waals surface area contributed by atoms with E-state index in [1.54, 1.807) is 12.1 Å². The van der Waals surface area contributed by atoms with Crippen LogP contribution in [-0.2, 0) is 16.1 Å². The first-order valence-corrected chi connectivity index (χ1v) is 7.64. The first-order valence-electron chi connectivity index (χ1n) is 5.61. The second-order valence-corrected chi connectivity index (χ2v) is 5.94. The van der Waals surface area contributed by atoms with Gasteiger partial charge in [0.1, 0.15) is 16.6 Å². The summed E-state index contributed by atoms with van der Waals surface area (Å²) in [6, 6.07) is 3.51. The van der Waals surface area contributed by atoms with E-state index in [-0.39, 0.29) is 25.5 Å². The Kier molecular flexibility index (Phi) is 5.45. The van der Waals surface area contributed by atoms with Gasteiger partial charge < -0.3 is 10.1 Å². The highest BCUT2D eigenvalue weighted by Crippen LogP contribution is 2.17. The van der Waals surface area contributed by atoms with Crippen LogP contribution in [0.15, 0.2) is 17.5 Å². The molecule has 0 aliphatic heterocycles. The monoisotopic (exact) mass is 331 g/mol. The van der Waals surface area contributed by atoms with Crippen molar-refractivity contribution in [3.63, 3.8) is 0 Å². The second kappa shape index (κ2) is 7.32. The topological polar surface area (TPSA) is 81.2 Å². The Morgan fingerprint density at radius 3 is 2.95 bits per heavy atom. The highest BCUT2D eigenvalue weighted by atomic mass is 35.5. The highest BCUT2D eigenvalue weighted by Gasteiger charge is 2.10. The van der Waals surface area contributed by atoms with Crippen molar-refractivity contribution in [3.8, 4) is 0 Å². The van der Waals surface area contributed by atoms with E-state index in [0.29, 0.717) is 14.9 Å². The lowest BCUT2D eigenvalue weighted by molar-refractivity contribution is -0.144. The van der Waals surface area contributed by atoms with Crippen LogP contribution in [0.1, 0.15) is 21.8 Å². The molecule has 0 aliphatic carbocycles. The maximum absolute atomic E-state index is 11.6. The summed E-state index contributed by atoms with van der Waals surface area (Å²) < 4.78 is 9.00. The molecule has 0 unspecified atom stereocenters. The first kappa shape index (κ1) is 14.9. The molecule has 20 heavy (non-hydrogen) atoms. The molecule has 0 bridgehead atoms. The molecular weight excluding hydrogens is 322 g/mol. The molecule has 0 aromatic carbocycles. The Morgan fingerprint density at radius 1 is 1.45 bits per heavy atom. The summed E-state index contributed by atoms with van der Waals surface area (Å²) in [6.07, 6.45) is 0.0896. The van der Waals surface area contributed by atoms with Crippen LogP contribution in [0.25, 0.3) is 0 Å². The second-order valence-electron chi connectivity index (χ2n) is 3.64. The van der Waals surface area contributed by atoms with Gasteiger partial charge in [0.25, 0.3) is 5.91 Å². The van der Waals surface area contributed by atoms with Crippen molar-refractivity contribution in [2.45, 2.75) is 13.0 Å². The van der Waals surface area contributed by atoms with E-state index in [0.717, 1.165) is 11.5 Å². The third-order valence-electron chi connectivity index (χ3n) is 2.24. The molecule has 0 fully saturated rings. The molecule has 6 nitrogen and oxygen atoms in total. The summed E-state index contributed by atoms with van der Waals surface area (Å²) in [6.45, 7) is 0.214. The van der Waals surface area contributed by atoms with E-state index >= 15 is 0 Å². The van der Waals surface area contributed by atoms with Gasteiger partial charge >= 0.3 is 5.97 Å². The number of rotatable bonds is 6. The minimum Gasteiger partial charge on any atom is -0.459 e. The molecule has 1 amide bonds. The zero-order valence-corrected chi connectivity index (χ0v) is 12.6. The number of ether oxygens (including phenoxy) is 1. The number of nitrogens with zero attached hydrogens (tertiary/aromatic N) is 2. The predicted molar refractivity (Wildman–Crippen MR) is 76.0 cm³/mol. The van der Waals surface area contributed by atoms with Crippen molar-refractivity contribution in [2.75, 3.05) is 6.54 Å². The van der Waals surface area contributed by atoms with Gasteiger partial charge in [-0.25, -0.2) is 0 Å². The van der Waals surface area contributed by atoms with Gasteiger partial charge in [-0.1, -0.05) is 22.2 Å². The quantitative estimate of drug-likeness (QED) is 0.820. The first-order chi connectivity index (χ1) is 9.66. The van der Waals surface area contributed by atoms with Crippen molar-refractivity contribution in [3.05, 3.63) is 32.4 Å². The number of hydrogen-bond donors (Lipinski definition) is 1. The fraction of sp³-hybridized carbons (Fsp3) is 0.273. The highest BCUT2D eigenvalue weighted by molar-refractivity contribution is 7.12. The van der Waals surface area contributed by atoms with Gasteiger partial charge in [0.05, 0.1) is 11.3 Å². The number of amides is 1. The van der Waals surface area contributed by atoms with E-state index in [1.165, 1.54) is 11.3 Å². The number of carbonyl (C=O) groups excluding carboxylic acids is 2. The van der Waals surface area contributed by atoms with E-state index in [4.69, 9.17) is 16.3 Å². The van der Waals surface area contributed by atoms with E-state index in [9.17, 15) is 9.59 Å². The number of hydrogen-bond acceptors (Lipinski definition) is 7. The lowest BCUT2D eigenvalue weighted by Gasteiger charge is -2.04. The van der Waals surface area contributed by atoms with Gasteiger partial charge in [0.2, 0.25) is 0 Å². The molecule has 0 atom stereocenters. The van der Waals surface area contributed by atoms with E-state index in [2.05, 4.69) is 14.9 Å². The zero-order chi connectivity index (χ0) is 14.4.